The van der Waals surface area contributed by atoms with E-state index in [1.807, 2.05) is 95.7 Å². The Morgan fingerprint density at radius 2 is 1.51 bits per heavy atom. The predicted molar refractivity (Wildman–Crippen MR) is 420 cm³/mol. The molecule has 13 rings (SSSR count). The number of hydrogen-bond donors (Lipinski definition) is 5. The Morgan fingerprint density at radius 1 is 0.759 bits per heavy atom. The number of benzene rings is 3. The van der Waals surface area contributed by atoms with Crippen LogP contribution in [0.4, 0.5) is 22.9 Å². The van der Waals surface area contributed by atoms with Gasteiger partial charge in [-0.15, -0.1) is 10.2 Å². The minimum absolute atomic E-state index is 0.0151. The Bertz CT molecular complexity index is 4330. The molecule has 0 radical (unpaired) electrons. The van der Waals surface area contributed by atoms with Gasteiger partial charge in [0.1, 0.15) is 48.5 Å². The van der Waals surface area contributed by atoms with Gasteiger partial charge in [-0.05, 0) is 188 Å². The molecule has 6 N–H and O–H groups in total. The molecule has 7 aliphatic rings. The van der Waals surface area contributed by atoms with E-state index >= 15 is 0 Å². The summed E-state index contributed by atoms with van der Waals surface area (Å²) in [5.74, 6) is -0.616. The van der Waals surface area contributed by atoms with E-state index in [4.69, 9.17) is 29.2 Å². The molecule has 2 bridgehead atoms. The number of likely N-dealkylation sites (tertiary alicyclic amines) is 2. The highest BCUT2D eigenvalue weighted by molar-refractivity contribution is 6.13. The lowest BCUT2D eigenvalue weighted by Gasteiger charge is -2.43. The Kier molecular flexibility index (Phi) is 26.1. The number of nitrogens with one attached hydrogen (secondary N) is 4. The fraction of sp³-hybridized carbons (Fsp3) is 0.524. The molecule has 6 fully saturated rings. The van der Waals surface area contributed by atoms with Gasteiger partial charge in [-0.2, -0.15) is 5.26 Å². The van der Waals surface area contributed by atoms with Crippen molar-refractivity contribution in [3.05, 3.63) is 138 Å². The molecular formula is C84H106N16O12. The van der Waals surface area contributed by atoms with E-state index in [2.05, 4.69) is 79.4 Å². The van der Waals surface area contributed by atoms with Gasteiger partial charge in [0.15, 0.2) is 11.6 Å². The van der Waals surface area contributed by atoms with Crippen LogP contribution < -0.4 is 51.0 Å². The summed E-state index contributed by atoms with van der Waals surface area (Å²) in [5, 5.41) is 34.5. The van der Waals surface area contributed by atoms with Crippen LogP contribution in [-0.2, 0) is 44.9 Å². The molecule has 28 heteroatoms. The molecule has 6 aromatic rings. The molecule has 28 nitrogen and oxygen atoms in total. The molecule has 594 valence electrons. The smallest absolute Gasteiger partial charge is 0.254 e. The number of carbonyl (C=O) groups excluding carboxylic acids is 7. The third kappa shape index (κ3) is 19.3. The number of rotatable bonds is 36. The average molecular weight is 1530 g/mol. The number of nitrogen functional groups attached to an aromatic ring is 1. The molecule has 5 aliphatic heterocycles. The molecule has 4 saturated heterocycles. The summed E-state index contributed by atoms with van der Waals surface area (Å²) in [6, 6.07) is 30.9. The van der Waals surface area contributed by atoms with Crippen molar-refractivity contribution in [1.29, 1.82) is 5.26 Å². The van der Waals surface area contributed by atoms with Gasteiger partial charge >= 0.3 is 0 Å². The number of hydrogen-bond acceptors (Lipinski definition) is 22. The number of amides is 7. The first-order valence-electron chi connectivity index (χ1n) is 40.0. The highest BCUT2D eigenvalue weighted by atomic mass is 16.5. The van der Waals surface area contributed by atoms with E-state index in [9.17, 15) is 38.8 Å². The van der Waals surface area contributed by atoms with Crippen molar-refractivity contribution < 1.29 is 57.0 Å². The van der Waals surface area contributed by atoms with Crippen molar-refractivity contribution in [3.63, 3.8) is 0 Å². The summed E-state index contributed by atoms with van der Waals surface area (Å²) in [4.78, 5) is 110. The topological polar surface area (TPSA) is 338 Å². The third-order valence-corrected chi connectivity index (χ3v) is 23.1. The number of para-hydroxylation sites is 1. The maximum atomic E-state index is 14.2. The fourth-order valence-corrected chi connectivity index (χ4v) is 16.5. The number of fused-ring (bicyclic) bond motifs is 2. The monoisotopic (exact) mass is 1530 g/mol. The van der Waals surface area contributed by atoms with Gasteiger partial charge in [0.05, 0.1) is 41.3 Å². The zero-order valence-corrected chi connectivity index (χ0v) is 64.9. The maximum absolute atomic E-state index is 14.2. The van der Waals surface area contributed by atoms with Gasteiger partial charge < -0.3 is 70.1 Å². The number of anilines is 4. The molecule has 6 atom stereocenters. The highest BCUT2D eigenvalue weighted by Gasteiger charge is 2.52. The molecule has 2 aliphatic carbocycles. The molecule has 112 heavy (non-hydrogen) atoms. The average Bonchev–Trinajstić information content (AvgIpc) is 1.65. The number of ether oxygens (including phenoxy) is 4. The Balaban J connectivity index is 0.531. The molecule has 7 amide bonds. The molecule has 0 spiro atoms. The lowest BCUT2D eigenvalue weighted by molar-refractivity contribution is -0.151. The summed E-state index contributed by atoms with van der Waals surface area (Å²) in [7, 11) is 3.98. The summed E-state index contributed by atoms with van der Waals surface area (Å²) < 4.78 is 31.5. The number of imide groups is 1. The number of pyridine rings is 1. The largest absolute Gasteiger partial charge is 0.488 e. The van der Waals surface area contributed by atoms with E-state index in [1.54, 1.807) is 35.2 Å². The standard InChI is InChI=1S/C84H106N16O12/c1-54(2)77(81(105)98-40-13-17-69(98)80(104)89-55(3)58-23-19-56(50-85)20-24-58)72-49-74(94-112-72)108-44-43-96-41-32-63(33-42-96)110-64-46-65(47-64)111-73-45-60(31-37-87-73)100-61-27-28-62(100)52-97(51-61)70-48-68(92-93-78(70)86)66-15-7-8-18-71(66)109-53-57-21-25-59(26-22-57)90-79(103)67(16-9-12-38-95(4)5)91-83(107)84(34-14-35-84)82(106)88-36-10-6-11-39-99-75(101)29-30-76(99)102/h7-8,15,18-26,29-31,37,45,48-49,54-55,61-65,67,69,77H,6,9-14,16-17,27-28,32-36,38-44,46-47,51-53H2,1-5H3,(H2,86,93)(H,88,106)(H,89,104)(H,90,103)(H,91,107)/t55-,61?,62?,64-,65-,67-,69-,77?/m0/s1. The summed E-state index contributed by atoms with van der Waals surface area (Å²) in [6.07, 6.45) is 16.7. The van der Waals surface area contributed by atoms with Crippen LogP contribution in [0.3, 0.4) is 0 Å². The number of piperidine rings is 1. The Hall–Kier alpha value is -10.5. The van der Waals surface area contributed by atoms with Gasteiger partial charge in [0.25, 0.3) is 17.7 Å². The first-order valence-corrected chi connectivity index (χ1v) is 40.0. The summed E-state index contributed by atoms with van der Waals surface area (Å²) in [6.45, 7) is 12.3. The maximum Gasteiger partial charge on any atom is 0.254 e. The highest BCUT2D eigenvalue weighted by Crippen LogP contribution is 2.44. The van der Waals surface area contributed by atoms with Crippen LogP contribution in [0, 0.1) is 22.7 Å². The summed E-state index contributed by atoms with van der Waals surface area (Å²) in [5.41, 5.74) is 11.5. The molecule has 3 unspecified atom stereocenters. The zero-order valence-electron chi connectivity index (χ0n) is 64.9. The van der Waals surface area contributed by atoms with Crippen LogP contribution in [0.25, 0.3) is 11.3 Å². The minimum Gasteiger partial charge on any atom is -0.488 e. The number of nitriles is 1. The van der Waals surface area contributed by atoms with Crippen LogP contribution in [0.2, 0.25) is 0 Å². The van der Waals surface area contributed by atoms with E-state index in [1.165, 1.54) is 17.1 Å². The number of aromatic nitrogens is 4. The van der Waals surface area contributed by atoms with Crippen molar-refractivity contribution in [2.24, 2.45) is 11.3 Å². The second-order valence-electron chi connectivity index (χ2n) is 31.6. The van der Waals surface area contributed by atoms with E-state index in [-0.39, 0.29) is 84.4 Å². The lowest BCUT2D eigenvalue weighted by atomic mass is 9.67. The van der Waals surface area contributed by atoms with Crippen molar-refractivity contribution in [1.82, 2.24) is 55.9 Å². The minimum atomic E-state index is -1.26. The quantitative estimate of drug-likeness (QED) is 0.0139. The predicted octanol–water partition coefficient (Wildman–Crippen LogP) is 9.03. The van der Waals surface area contributed by atoms with Crippen molar-refractivity contribution in [2.45, 2.75) is 191 Å². The number of piperazine rings is 1. The third-order valence-electron chi connectivity index (χ3n) is 23.1. The first-order chi connectivity index (χ1) is 54.3. The van der Waals surface area contributed by atoms with Gasteiger partial charge in [-0.25, -0.2) is 4.98 Å². The van der Waals surface area contributed by atoms with Gasteiger partial charge in [-0.1, -0.05) is 56.7 Å². The van der Waals surface area contributed by atoms with Crippen LogP contribution in [0.5, 0.6) is 17.5 Å². The Labute approximate surface area is 654 Å². The molecule has 8 heterocycles. The van der Waals surface area contributed by atoms with E-state index < -0.39 is 29.3 Å². The summed E-state index contributed by atoms with van der Waals surface area (Å²) >= 11 is 0. The molecular weight excluding hydrogens is 1430 g/mol. The second-order valence-corrected chi connectivity index (χ2v) is 31.6. The first kappa shape index (κ1) is 79.6. The zero-order chi connectivity index (χ0) is 78.4. The van der Waals surface area contributed by atoms with Gasteiger partial charge in [-0.3, -0.25) is 43.4 Å². The van der Waals surface area contributed by atoms with Gasteiger partial charge in [0.2, 0.25) is 35.4 Å². The lowest BCUT2D eigenvalue weighted by Crippen LogP contribution is -2.58. The van der Waals surface area contributed by atoms with Crippen molar-refractivity contribution in [3.8, 4) is 34.8 Å². The van der Waals surface area contributed by atoms with E-state index in [0.29, 0.717) is 137 Å². The molecule has 3 aromatic heterocycles. The van der Waals surface area contributed by atoms with Crippen LogP contribution in [-0.4, -0.2) is 203 Å². The normalized spacial score (nSPS) is 20.9. The van der Waals surface area contributed by atoms with Gasteiger partial charge in [0, 0.05) is 125 Å². The number of nitrogens with two attached hydrogens (primary N) is 1. The molecule has 2 saturated carbocycles. The van der Waals surface area contributed by atoms with E-state index in [0.717, 1.165) is 112 Å². The second kappa shape index (κ2) is 36.8. The van der Waals surface area contributed by atoms with Crippen molar-refractivity contribution in [2.75, 3.05) is 100 Å². The SMILES string of the molecule is CC(C)C(C(=O)N1CCC[C@H]1C(=O)N[C@@H](C)c1ccc(C#N)cc1)c1cc(OCCN2CCC(O[C@H]3C[C@H](Oc4cc(N5C6CCC5CN(c5cc(-c7ccccc7OCc7ccc(NC(=O)[C@H](CCCCN(C)C)NC(=O)C8(C(=O)NCCCCCN9C(=O)C=CC9=O)CCC8)cc7)nnc5N)C6)ccn4)C3)CC2)no1. The fourth-order valence-electron chi connectivity index (χ4n) is 16.5. The number of unbranched alkanes of at least 4 members (excludes halogenated alkanes) is 3. The Morgan fingerprint density at radius 3 is 2.22 bits per heavy atom. The van der Waals surface area contributed by atoms with Crippen LogP contribution in [0.1, 0.15) is 164 Å². The van der Waals surface area contributed by atoms with Crippen LogP contribution in [0.15, 0.2) is 120 Å². The van der Waals surface area contributed by atoms with Crippen molar-refractivity contribution >= 4 is 64.2 Å². The number of nitrogens with zero attached hydrogens (tertiary/aromatic N) is 11. The van der Waals surface area contributed by atoms with Crippen LogP contribution >= 0.6 is 0 Å². The number of carbonyl (C=O) groups is 7. The molecule has 3 aromatic carbocycles.